The first-order valence-electron chi connectivity index (χ1n) is 3.00. The first-order chi connectivity index (χ1) is 4.70. The number of halogens is 1. The van der Waals surface area contributed by atoms with Crippen molar-refractivity contribution >= 4 is 23.0 Å². The zero-order valence-electron chi connectivity index (χ0n) is 6.07. The average Bonchev–Trinajstić information content (AvgIpc) is 1.88. The Hall–Kier alpha value is -0.830. The molecule has 3 heteroatoms. The van der Waals surface area contributed by atoms with Crippen LogP contribution in [0.3, 0.4) is 0 Å². The van der Waals surface area contributed by atoms with Crippen LogP contribution in [0.2, 0.25) is 0 Å². The Kier molecular flexibility index (Phi) is 3.82. The minimum Gasteiger partial charge on any atom is -0.478 e. The second-order valence-corrected chi connectivity index (χ2v) is 2.17. The SMILES string of the molecule is Br.Cc1ccc(C(=O)O)cc1. The largest absolute Gasteiger partial charge is 0.478 e. The summed E-state index contributed by atoms with van der Waals surface area (Å²) in [7, 11) is 0. The molecule has 0 amide bonds. The van der Waals surface area contributed by atoms with E-state index in [9.17, 15) is 4.79 Å². The van der Waals surface area contributed by atoms with Crippen LogP contribution in [-0.2, 0) is 0 Å². The number of hydrogen-bond acceptors (Lipinski definition) is 1. The Bertz CT molecular complexity index is 241. The molecule has 0 radical (unpaired) electrons. The Morgan fingerprint density at radius 3 is 2.09 bits per heavy atom. The molecule has 0 bridgehead atoms. The highest BCUT2D eigenvalue weighted by atomic mass is 79.9. The summed E-state index contributed by atoms with van der Waals surface area (Å²) in [4.78, 5) is 10.3. The van der Waals surface area contributed by atoms with Gasteiger partial charge in [0.15, 0.2) is 0 Å². The maximum atomic E-state index is 10.3. The molecular weight excluding hydrogens is 208 g/mol. The van der Waals surface area contributed by atoms with Crippen LogP contribution in [0.15, 0.2) is 24.3 Å². The Morgan fingerprint density at radius 2 is 1.73 bits per heavy atom. The lowest BCUT2D eigenvalue weighted by Crippen LogP contribution is -1.94. The van der Waals surface area contributed by atoms with Crippen molar-refractivity contribution in [2.24, 2.45) is 0 Å². The number of aromatic carboxylic acids is 1. The third kappa shape index (κ3) is 2.72. The number of benzene rings is 1. The molecule has 1 rings (SSSR count). The van der Waals surface area contributed by atoms with E-state index in [2.05, 4.69) is 0 Å². The molecule has 0 aromatic heterocycles. The average molecular weight is 217 g/mol. The molecule has 0 aliphatic heterocycles. The predicted molar refractivity (Wildman–Crippen MR) is 48.5 cm³/mol. The molecule has 1 N–H and O–H groups in total. The van der Waals surface area contributed by atoms with Crippen LogP contribution >= 0.6 is 17.0 Å². The van der Waals surface area contributed by atoms with Gasteiger partial charge in [-0.05, 0) is 19.1 Å². The van der Waals surface area contributed by atoms with Crippen molar-refractivity contribution in [3.8, 4) is 0 Å². The monoisotopic (exact) mass is 216 g/mol. The summed E-state index contributed by atoms with van der Waals surface area (Å²) in [6.45, 7) is 1.92. The molecule has 11 heavy (non-hydrogen) atoms. The van der Waals surface area contributed by atoms with Crippen molar-refractivity contribution in [1.82, 2.24) is 0 Å². The second-order valence-electron chi connectivity index (χ2n) is 2.17. The van der Waals surface area contributed by atoms with Gasteiger partial charge in [-0.1, -0.05) is 17.7 Å². The number of hydrogen-bond donors (Lipinski definition) is 1. The van der Waals surface area contributed by atoms with Crippen LogP contribution in [0.4, 0.5) is 0 Å². The lowest BCUT2D eigenvalue weighted by Gasteiger charge is -1.92. The van der Waals surface area contributed by atoms with Gasteiger partial charge in [0.1, 0.15) is 0 Å². The second kappa shape index (κ2) is 4.13. The maximum Gasteiger partial charge on any atom is 0.335 e. The Morgan fingerprint density at radius 1 is 1.27 bits per heavy atom. The lowest BCUT2D eigenvalue weighted by atomic mass is 10.2. The molecule has 0 saturated heterocycles. The smallest absolute Gasteiger partial charge is 0.335 e. The molecule has 2 nitrogen and oxygen atoms in total. The van der Waals surface area contributed by atoms with E-state index >= 15 is 0 Å². The predicted octanol–water partition coefficient (Wildman–Crippen LogP) is 2.27. The summed E-state index contributed by atoms with van der Waals surface area (Å²) in [6, 6.07) is 6.75. The van der Waals surface area contributed by atoms with Gasteiger partial charge in [-0.15, -0.1) is 17.0 Å². The number of aryl methyl sites for hydroxylation is 1. The molecule has 0 saturated carbocycles. The molecule has 1 aromatic rings. The fourth-order valence-electron chi connectivity index (χ4n) is 0.696. The summed E-state index contributed by atoms with van der Waals surface area (Å²) in [5, 5.41) is 8.48. The lowest BCUT2D eigenvalue weighted by molar-refractivity contribution is 0.0697. The highest BCUT2D eigenvalue weighted by Crippen LogP contribution is 2.01. The first-order valence-corrected chi connectivity index (χ1v) is 3.00. The van der Waals surface area contributed by atoms with Gasteiger partial charge in [-0.25, -0.2) is 4.79 Å². The van der Waals surface area contributed by atoms with Crippen LogP contribution in [0.1, 0.15) is 15.9 Å². The van der Waals surface area contributed by atoms with Crippen LogP contribution in [0.25, 0.3) is 0 Å². The van der Waals surface area contributed by atoms with Crippen LogP contribution in [0.5, 0.6) is 0 Å². The van der Waals surface area contributed by atoms with Gasteiger partial charge in [-0.2, -0.15) is 0 Å². The Balaban J connectivity index is 0.000001000. The topological polar surface area (TPSA) is 37.3 Å². The van der Waals surface area contributed by atoms with Gasteiger partial charge in [0.25, 0.3) is 0 Å². The molecular formula is C8H9BrO2. The van der Waals surface area contributed by atoms with E-state index in [1.54, 1.807) is 24.3 Å². The van der Waals surface area contributed by atoms with E-state index in [0.29, 0.717) is 5.56 Å². The molecule has 0 unspecified atom stereocenters. The van der Waals surface area contributed by atoms with E-state index < -0.39 is 5.97 Å². The number of rotatable bonds is 1. The summed E-state index contributed by atoms with van der Waals surface area (Å²) < 4.78 is 0. The summed E-state index contributed by atoms with van der Waals surface area (Å²) in [5.41, 5.74) is 1.41. The maximum absolute atomic E-state index is 10.3. The fourth-order valence-corrected chi connectivity index (χ4v) is 0.696. The van der Waals surface area contributed by atoms with Crippen molar-refractivity contribution in [3.05, 3.63) is 35.4 Å². The number of carboxylic acids is 1. The molecule has 0 aliphatic carbocycles. The van der Waals surface area contributed by atoms with E-state index in [-0.39, 0.29) is 17.0 Å². The quantitative estimate of drug-likeness (QED) is 0.783. The summed E-state index contributed by atoms with van der Waals surface area (Å²) in [6.07, 6.45) is 0. The summed E-state index contributed by atoms with van der Waals surface area (Å²) in [5.74, 6) is -0.875. The third-order valence-electron chi connectivity index (χ3n) is 1.30. The van der Waals surface area contributed by atoms with Crippen molar-refractivity contribution in [2.75, 3.05) is 0 Å². The molecule has 60 valence electrons. The number of carboxylic acid groups (broad SMARTS) is 1. The van der Waals surface area contributed by atoms with Gasteiger partial charge in [-0.3, -0.25) is 0 Å². The summed E-state index contributed by atoms with van der Waals surface area (Å²) >= 11 is 0. The molecule has 0 atom stereocenters. The van der Waals surface area contributed by atoms with E-state index in [4.69, 9.17) is 5.11 Å². The third-order valence-corrected chi connectivity index (χ3v) is 1.30. The molecule has 0 aliphatic rings. The van der Waals surface area contributed by atoms with Gasteiger partial charge < -0.3 is 5.11 Å². The van der Waals surface area contributed by atoms with Crippen molar-refractivity contribution in [2.45, 2.75) is 6.92 Å². The van der Waals surface area contributed by atoms with Gasteiger partial charge >= 0.3 is 5.97 Å². The van der Waals surface area contributed by atoms with Crippen LogP contribution in [0, 0.1) is 6.92 Å². The molecule has 0 fully saturated rings. The minimum absolute atomic E-state index is 0. The van der Waals surface area contributed by atoms with E-state index in [1.165, 1.54) is 0 Å². The van der Waals surface area contributed by atoms with Gasteiger partial charge in [0.2, 0.25) is 0 Å². The highest BCUT2D eigenvalue weighted by Gasteiger charge is 1.98. The van der Waals surface area contributed by atoms with Crippen molar-refractivity contribution in [1.29, 1.82) is 0 Å². The Labute approximate surface area is 75.6 Å². The first kappa shape index (κ1) is 10.2. The molecule has 0 spiro atoms. The van der Waals surface area contributed by atoms with Gasteiger partial charge in [0.05, 0.1) is 5.56 Å². The highest BCUT2D eigenvalue weighted by molar-refractivity contribution is 8.93. The van der Waals surface area contributed by atoms with E-state index in [0.717, 1.165) is 5.56 Å². The number of carbonyl (C=O) groups is 1. The standard InChI is InChI=1S/C8H8O2.BrH/c1-6-2-4-7(5-3-6)8(9)10;/h2-5H,1H3,(H,9,10);1H. The minimum atomic E-state index is -0.875. The zero-order chi connectivity index (χ0) is 7.56. The van der Waals surface area contributed by atoms with Crippen molar-refractivity contribution in [3.63, 3.8) is 0 Å². The molecule has 1 aromatic carbocycles. The zero-order valence-corrected chi connectivity index (χ0v) is 7.79. The van der Waals surface area contributed by atoms with E-state index in [1.807, 2.05) is 6.92 Å². The van der Waals surface area contributed by atoms with Crippen LogP contribution in [-0.4, -0.2) is 11.1 Å². The fraction of sp³-hybridized carbons (Fsp3) is 0.125. The normalized spacial score (nSPS) is 8.45. The van der Waals surface area contributed by atoms with Crippen molar-refractivity contribution < 1.29 is 9.90 Å². The van der Waals surface area contributed by atoms with Crippen LogP contribution < -0.4 is 0 Å². The van der Waals surface area contributed by atoms with Gasteiger partial charge in [0, 0.05) is 0 Å². The molecule has 0 heterocycles.